The van der Waals surface area contributed by atoms with Gasteiger partial charge in [-0.1, -0.05) is 24.0 Å². The number of thiocarbonyl (C=S) groups is 1. The van der Waals surface area contributed by atoms with Gasteiger partial charge < -0.3 is 10.6 Å². The van der Waals surface area contributed by atoms with Crippen molar-refractivity contribution in [2.24, 2.45) is 0 Å². The van der Waals surface area contributed by atoms with Gasteiger partial charge in [0.25, 0.3) is 0 Å². The molecule has 1 fully saturated rings. The predicted molar refractivity (Wildman–Crippen MR) is 59.3 cm³/mol. The van der Waals surface area contributed by atoms with E-state index in [9.17, 15) is 10.0 Å². The maximum absolute atomic E-state index is 11.2. The predicted octanol–water partition coefficient (Wildman–Crippen LogP) is 0.743. The summed E-state index contributed by atoms with van der Waals surface area (Å²) < 4.78 is 0.251. The summed E-state index contributed by atoms with van der Waals surface area (Å²) in [5.74, 6) is 0. The van der Waals surface area contributed by atoms with Gasteiger partial charge in [-0.2, -0.15) is 5.06 Å². The van der Waals surface area contributed by atoms with Gasteiger partial charge in [0, 0.05) is 7.05 Å². The number of carbonyl (C=O) groups is 1. The van der Waals surface area contributed by atoms with E-state index in [4.69, 9.17) is 12.2 Å². The fourth-order valence-electron chi connectivity index (χ4n) is 1.20. The summed E-state index contributed by atoms with van der Waals surface area (Å²) in [6, 6.07) is -0.555. The van der Waals surface area contributed by atoms with Gasteiger partial charge in [0.05, 0.1) is 4.75 Å². The Morgan fingerprint density at radius 3 is 2.71 bits per heavy atom. The van der Waals surface area contributed by atoms with Crippen LogP contribution in [-0.2, 0) is 0 Å². The molecule has 1 rings (SSSR count). The molecule has 0 bridgehead atoms. The fourth-order valence-corrected chi connectivity index (χ4v) is 2.87. The Kier molecular flexibility index (Phi) is 3.23. The molecular formula is C7H13N3O2S2. The molecule has 0 spiro atoms. The van der Waals surface area contributed by atoms with E-state index in [2.05, 4.69) is 10.6 Å². The third-order valence-electron chi connectivity index (χ3n) is 1.94. The minimum Gasteiger partial charge on any atom is -0.348 e. The van der Waals surface area contributed by atoms with Crippen molar-refractivity contribution in [1.29, 1.82) is 0 Å². The first-order chi connectivity index (χ1) is 6.38. The molecule has 7 heteroatoms. The molecule has 0 saturated carbocycles. The lowest BCUT2D eigenvalue weighted by atomic mass is 10.1. The van der Waals surface area contributed by atoms with Crippen LogP contribution in [0.1, 0.15) is 13.8 Å². The highest BCUT2D eigenvalue weighted by atomic mass is 32.2. The average molecular weight is 235 g/mol. The molecule has 5 nitrogen and oxygen atoms in total. The molecule has 0 radical (unpaired) electrons. The first-order valence-corrected chi connectivity index (χ1v) is 5.30. The van der Waals surface area contributed by atoms with Crippen LogP contribution in [0.3, 0.4) is 0 Å². The zero-order valence-corrected chi connectivity index (χ0v) is 9.83. The molecule has 2 amide bonds. The smallest absolute Gasteiger partial charge is 0.342 e. The van der Waals surface area contributed by atoms with E-state index in [-0.39, 0.29) is 4.75 Å². The normalized spacial score (nSPS) is 24.3. The number of nitrogens with one attached hydrogen (secondary N) is 2. The van der Waals surface area contributed by atoms with Crippen molar-refractivity contribution in [3.63, 3.8) is 0 Å². The van der Waals surface area contributed by atoms with Crippen LogP contribution < -0.4 is 10.6 Å². The molecular weight excluding hydrogens is 222 g/mol. The van der Waals surface area contributed by atoms with Crippen molar-refractivity contribution >= 4 is 34.3 Å². The van der Waals surface area contributed by atoms with E-state index in [1.807, 2.05) is 13.8 Å². The summed E-state index contributed by atoms with van der Waals surface area (Å²) in [7, 11) is 1.46. The van der Waals surface area contributed by atoms with Crippen LogP contribution in [0.15, 0.2) is 0 Å². The van der Waals surface area contributed by atoms with Gasteiger partial charge in [-0.15, -0.1) is 0 Å². The van der Waals surface area contributed by atoms with E-state index >= 15 is 0 Å². The molecule has 1 aliphatic heterocycles. The number of hydroxylamine groups is 2. The summed E-state index contributed by atoms with van der Waals surface area (Å²) in [5, 5.41) is 15.4. The molecule has 3 N–H and O–H groups in total. The van der Waals surface area contributed by atoms with Crippen LogP contribution in [0.5, 0.6) is 0 Å². The zero-order chi connectivity index (χ0) is 10.9. The van der Waals surface area contributed by atoms with E-state index in [0.29, 0.717) is 9.38 Å². The summed E-state index contributed by atoms with van der Waals surface area (Å²) in [6.45, 7) is 3.81. The number of urea groups is 1. The lowest BCUT2D eigenvalue weighted by Gasteiger charge is -2.30. The molecule has 0 aromatic rings. The monoisotopic (exact) mass is 235 g/mol. The second kappa shape index (κ2) is 3.92. The molecule has 1 atom stereocenters. The first-order valence-electron chi connectivity index (χ1n) is 4.08. The van der Waals surface area contributed by atoms with Gasteiger partial charge in [0.2, 0.25) is 0 Å². The van der Waals surface area contributed by atoms with E-state index in [1.54, 1.807) is 0 Å². The van der Waals surface area contributed by atoms with Gasteiger partial charge in [-0.05, 0) is 13.8 Å². The third-order valence-corrected chi connectivity index (χ3v) is 3.36. The lowest BCUT2D eigenvalue weighted by molar-refractivity contribution is -0.0880. The van der Waals surface area contributed by atoms with Crippen LogP contribution >= 0.6 is 24.0 Å². The van der Waals surface area contributed by atoms with Gasteiger partial charge in [-0.3, -0.25) is 5.21 Å². The molecule has 14 heavy (non-hydrogen) atoms. The Morgan fingerprint density at radius 2 is 2.36 bits per heavy atom. The standard InChI is InChI=1S/C7H13N3O2S2/c1-7(2)4(9-6(13)14-7)10(12)5(11)8-3/h4,12H,1-3H3,(H,8,11)(H,9,13)/t4-/m1/s1. The second-order valence-electron chi connectivity index (χ2n) is 3.44. The lowest BCUT2D eigenvalue weighted by Crippen LogP contribution is -2.54. The van der Waals surface area contributed by atoms with E-state index in [1.165, 1.54) is 18.8 Å². The minimum atomic E-state index is -0.555. The summed E-state index contributed by atoms with van der Waals surface area (Å²) in [5.41, 5.74) is 0. The zero-order valence-electron chi connectivity index (χ0n) is 8.20. The highest BCUT2D eigenvalue weighted by Crippen LogP contribution is 2.35. The average Bonchev–Trinajstić information content (AvgIpc) is 2.36. The van der Waals surface area contributed by atoms with Crippen molar-refractivity contribution in [3.8, 4) is 0 Å². The van der Waals surface area contributed by atoms with Crippen LogP contribution in [-0.4, -0.2) is 38.6 Å². The Hall–Kier alpha value is -0.530. The maximum atomic E-state index is 11.2. The van der Waals surface area contributed by atoms with Crippen LogP contribution in [0.4, 0.5) is 4.79 Å². The van der Waals surface area contributed by atoms with Gasteiger partial charge in [-0.25, -0.2) is 4.79 Å². The molecule has 1 saturated heterocycles. The number of hydrogen-bond donors (Lipinski definition) is 3. The molecule has 80 valence electrons. The van der Waals surface area contributed by atoms with Crippen LogP contribution in [0.2, 0.25) is 0 Å². The first kappa shape index (κ1) is 11.5. The van der Waals surface area contributed by atoms with Gasteiger partial charge in [0.1, 0.15) is 10.5 Å². The number of hydrogen-bond acceptors (Lipinski definition) is 4. The number of carbonyl (C=O) groups excluding carboxylic acids is 1. The molecule has 1 aliphatic rings. The highest BCUT2D eigenvalue weighted by molar-refractivity contribution is 8.24. The van der Waals surface area contributed by atoms with E-state index in [0.717, 1.165) is 0 Å². The molecule has 0 aliphatic carbocycles. The third kappa shape index (κ3) is 2.10. The summed E-state index contributed by atoms with van der Waals surface area (Å²) in [6.07, 6.45) is -0.500. The van der Waals surface area contributed by atoms with E-state index < -0.39 is 12.2 Å². The number of rotatable bonds is 1. The maximum Gasteiger partial charge on any atom is 0.342 e. The van der Waals surface area contributed by atoms with Crippen molar-refractivity contribution < 1.29 is 10.0 Å². The van der Waals surface area contributed by atoms with Crippen LogP contribution in [0, 0.1) is 0 Å². The number of nitrogens with zero attached hydrogens (tertiary/aromatic N) is 1. The molecule has 0 aromatic carbocycles. The molecule has 1 heterocycles. The largest absolute Gasteiger partial charge is 0.348 e. The molecule has 0 aromatic heterocycles. The SMILES string of the molecule is CNC(=O)N(O)[C@H]1NC(=S)SC1(C)C. The quantitative estimate of drug-likeness (QED) is 0.355. The Morgan fingerprint density at radius 1 is 1.79 bits per heavy atom. The number of thioether (sulfide) groups is 1. The second-order valence-corrected chi connectivity index (χ2v) is 5.77. The van der Waals surface area contributed by atoms with Gasteiger partial charge >= 0.3 is 6.03 Å². The summed E-state index contributed by atoms with van der Waals surface area (Å²) >= 11 is 6.40. The van der Waals surface area contributed by atoms with Crippen molar-refractivity contribution in [3.05, 3.63) is 0 Å². The van der Waals surface area contributed by atoms with Crippen molar-refractivity contribution in [2.45, 2.75) is 24.8 Å². The van der Waals surface area contributed by atoms with Crippen molar-refractivity contribution in [1.82, 2.24) is 15.7 Å². The fraction of sp³-hybridized carbons (Fsp3) is 0.714. The topological polar surface area (TPSA) is 64.6 Å². The summed E-state index contributed by atoms with van der Waals surface area (Å²) in [4.78, 5) is 11.2. The van der Waals surface area contributed by atoms with Gasteiger partial charge in [0.15, 0.2) is 0 Å². The van der Waals surface area contributed by atoms with Crippen molar-refractivity contribution in [2.75, 3.05) is 7.05 Å². The molecule has 0 unspecified atom stereocenters. The highest BCUT2D eigenvalue weighted by Gasteiger charge is 2.43. The van der Waals surface area contributed by atoms with Crippen LogP contribution in [0.25, 0.3) is 0 Å². The number of amides is 2. The Balaban J connectivity index is 2.77. The Bertz CT molecular complexity index is 270. The Labute approximate surface area is 92.2 Å². The minimum absolute atomic E-state index is 0.335.